The highest BCUT2D eigenvalue weighted by molar-refractivity contribution is 6.32. The molecule has 2 aromatic carbocycles. The summed E-state index contributed by atoms with van der Waals surface area (Å²) in [5.74, 6) is 1.48. The number of hydrogen-bond donors (Lipinski definition) is 2. The molecule has 190 valence electrons. The van der Waals surface area contributed by atoms with Gasteiger partial charge in [0.25, 0.3) is 0 Å². The molecule has 2 N–H and O–H groups in total. The largest absolute Gasteiger partial charge is 0.497 e. The van der Waals surface area contributed by atoms with E-state index in [2.05, 4.69) is 23.2 Å². The molecule has 1 aliphatic carbocycles. The van der Waals surface area contributed by atoms with E-state index < -0.39 is 5.60 Å². The van der Waals surface area contributed by atoms with Gasteiger partial charge in [0.2, 0.25) is 0 Å². The maximum absolute atomic E-state index is 11.4. The fourth-order valence-electron chi connectivity index (χ4n) is 5.15. The molecule has 0 bridgehead atoms. The van der Waals surface area contributed by atoms with Crippen molar-refractivity contribution in [2.24, 2.45) is 0 Å². The van der Waals surface area contributed by atoms with Gasteiger partial charge in [-0.15, -0.1) is 24.8 Å². The first-order chi connectivity index (χ1) is 15.5. The summed E-state index contributed by atoms with van der Waals surface area (Å²) in [4.78, 5) is 2.46. The fourth-order valence-corrected chi connectivity index (χ4v) is 5.39. The maximum atomic E-state index is 11.4. The highest BCUT2D eigenvalue weighted by Gasteiger charge is 2.41. The summed E-state index contributed by atoms with van der Waals surface area (Å²) in [6, 6.07) is 14.2. The molecule has 2 aromatic rings. The fraction of sp³-hybridized carbons (Fsp3) is 0.538. The third kappa shape index (κ3) is 6.71. The van der Waals surface area contributed by atoms with E-state index >= 15 is 0 Å². The minimum atomic E-state index is -0.600. The molecule has 0 radical (unpaired) electrons. The van der Waals surface area contributed by atoms with Gasteiger partial charge in [0, 0.05) is 31.7 Å². The molecule has 1 aliphatic heterocycles. The number of benzene rings is 2. The standard InChI is InChI=1S/C26H35ClN2O3.2ClH/c1-19(26(30)11-4-3-5-12-26)29-14-13-28-17-24(29)21-9-10-25(23(27)16-21)32-18-20-7-6-8-22(15-20)31-2;;/h6-10,15-16,19,24,28,30H,3-5,11-14,17-18H2,1-2H3;2*1H. The van der Waals surface area contributed by atoms with Crippen molar-refractivity contribution in [1.29, 1.82) is 0 Å². The number of methoxy groups -OCH3 is 1. The third-order valence-electron chi connectivity index (χ3n) is 7.15. The van der Waals surface area contributed by atoms with Crippen LogP contribution in [0.4, 0.5) is 0 Å². The van der Waals surface area contributed by atoms with E-state index in [1.807, 2.05) is 36.4 Å². The van der Waals surface area contributed by atoms with Crippen LogP contribution in [0.2, 0.25) is 5.02 Å². The molecule has 4 rings (SSSR count). The number of rotatable bonds is 7. The molecule has 0 spiro atoms. The van der Waals surface area contributed by atoms with E-state index in [-0.39, 0.29) is 36.9 Å². The Morgan fingerprint density at radius 1 is 1.15 bits per heavy atom. The molecule has 1 saturated heterocycles. The molecule has 5 nitrogen and oxygen atoms in total. The Kier molecular flexibility index (Phi) is 11.3. The van der Waals surface area contributed by atoms with Crippen LogP contribution >= 0.6 is 36.4 Å². The second kappa shape index (κ2) is 13.2. The first-order valence-electron chi connectivity index (χ1n) is 11.7. The average molecular weight is 532 g/mol. The van der Waals surface area contributed by atoms with Crippen LogP contribution in [0.15, 0.2) is 42.5 Å². The van der Waals surface area contributed by atoms with E-state index in [1.165, 1.54) is 6.42 Å². The van der Waals surface area contributed by atoms with E-state index in [0.717, 1.165) is 62.2 Å². The topological polar surface area (TPSA) is 54.0 Å². The summed E-state index contributed by atoms with van der Waals surface area (Å²) in [6.07, 6.45) is 5.24. The summed E-state index contributed by atoms with van der Waals surface area (Å²) < 4.78 is 11.3. The van der Waals surface area contributed by atoms with Gasteiger partial charge in [-0.3, -0.25) is 4.90 Å². The van der Waals surface area contributed by atoms with E-state index in [0.29, 0.717) is 17.4 Å². The van der Waals surface area contributed by atoms with Crippen LogP contribution in [0.25, 0.3) is 0 Å². The van der Waals surface area contributed by atoms with Crippen molar-refractivity contribution in [1.82, 2.24) is 10.2 Å². The highest BCUT2D eigenvalue weighted by atomic mass is 35.5. The Morgan fingerprint density at radius 3 is 2.62 bits per heavy atom. The van der Waals surface area contributed by atoms with Crippen molar-refractivity contribution < 1.29 is 14.6 Å². The van der Waals surface area contributed by atoms with Gasteiger partial charge in [-0.1, -0.05) is 49.1 Å². The molecule has 2 fully saturated rings. The van der Waals surface area contributed by atoms with Gasteiger partial charge >= 0.3 is 0 Å². The normalized spacial score (nSPS) is 21.0. The summed E-state index contributed by atoms with van der Waals surface area (Å²) in [6.45, 7) is 5.32. The van der Waals surface area contributed by atoms with E-state index in [9.17, 15) is 5.11 Å². The first kappa shape index (κ1) is 29.0. The van der Waals surface area contributed by atoms with Crippen LogP contribution in [-0.4, -0.2) is 48.4 Å². The monoisotopic (exact) mass is 530 g/mol. The quantitative estimate of drug-likeness (QED) is 0.473. The Bertz CT molecular complexity index is 909. The van der Waals surface area contributed by atoms with Gasteiger partial charge in [-0.05, 0) is 55.2 Å². The number of aliphatic hydroxyl groups is 1. The Morgan fingerprint density at radius 2 is 1.91 bits per heavy atom. The number of nitrogens with one attached hydrogen (secondary N) is 1. The minimum Gasteiger partial charge on any atom is -0.497 e. The van der Waals surface area contributed by atoms with Gasteiger partial charge in [-0.2, -0.15) is 0 Å². The van der Waals surface area contributed by atoms with Crippen LogP contribution in [0.5, 0.6) is 11.5 Å². The van der Waals surface area contributed by atoms with Crippen LogP contribution in [0.3, 0.4) is 0 Å². The second-order valence-corrected chi connectivity index (χ2v) is 9.54. The lowest BCUT2D eigenvalue weighted by Crippen LogP contribution is -2.58. The van der Waals surface area contributed by atoms with Crippen molar-refractivity contribution in [2.75, 3.05) is 26.7 Å². The van der Waals surface area contributed by atoms with Crippen LogP contribution in [0, 0.1) is 0 Å². The highest BCUT2D eigenvalue weighted by Crippen LogP contribution is 2.38. The molecule has 0 aromatic heterocycles. The lowest BCUT2D eigenvalue weighted by atomic mass is 9.78. The molecule has 2 atom stereocenters. The van der Waals surface area contributed by atoms with Crippen molar-refractivity contribution in [2.45, 2.75) is 63.3 Å². The summed E-state index contributed by atoms with van der Waals surface area (Å²) in [5, 5.41) is 15.5. The zero-order chi connectivity index (χ0) is 22.6. The van der Waals surface area contributed by atoms with E-state index in [4.69, 9.17) is 21.1 Å². The molecule has 1 saturated carbocycles. The SMILES string of the molecule is COc1cccc(COc2ccc(C3CNCCN3C(C)C3(O)CCCCC3)cc2Cl)c1.Cl.Cl. The number of piperazine rings is 1. The van der Waals surface area contributed by atoms with Crippen LogP contribution in [0.1, 0.15) is 56.2 Å². The first-order valence-corrected chi connectivity index (χ1v) is 12.1. The zero-order valence-electron chi connectivity index (χ0n) is 20.0. The predicted octanol–water partition coefficient (Wildman–Crippen LogP) is 5.80. The molecule has 0 amide bonds. The van der Waals surface area contributed by atoms with Gasteiger partial charge < -0.3 is 19.9 Å². The Labute approximate surface area is 221 Å². The number of hydrogen-bond acceptors (Lipinski definition) is 5. The van der Waals surface area contributed by atoms with Crippen molar-refractivity contribution in [3.8, 4) is 11.5 Å². The minimum absolute atomic E-state index is 0. The lowest BCUT2D eigenvalue weighted by Gasteiger charge is -2.48. The molecular weight excluding hydrogens is 495 g/mol. The molecule has 8 heteroatoms. The van der Waals surface area contributed by atoms with Gasteiger partial charge in [-0.25, -0.2) is 0 Å². The molecule has 34 heavy (non-hydrogen) atoms. The third-order valence-corrected chi connectivity index (χ3v) is 7.44. The molecule has 2 aliphatic rings. The molecule has 2 unspecified atom stereocenters. The van der Waals surface area contributed by atoms with Crippen molar-refractivity contribution >= 4 is 36.4 Å². The summed E-state index contributed by atoms with van der Waals surface area (Å²) in [5.41, 5.74) is 1.58. The predicted molar refractivity (Wildman–Crippen MR) is 143 cm³/mol. The summed E-state index contributed by atoms with van der Waals surface area (Å²) >= 11 is 6.64. The smallest absolute Gasteiger partial charge is 0.138 e. The van der Waals surface area contributed by atoms with Gasteiger partial charge in [0.1, 0.15) is 18.1 Å². The molecule has 1 heterocycles. The van der Waals surface area contributed by atoms with Crippen LogP contribution < -0.4 is 14.8 Å². The van der Waals surface area contributed by atoms with Crippen molar-refractivity contribution in [3.05, 3.63) is 58.6 Å². The van der Waals surface area contributed by atoms with Gasteiger partial charge in [0.15, 0.2) is 0 Å². The van der Waals surface area contributed by atoms with E-state index in [1.54, 1.807) is 7.11 Å². The number of halogens is 3. The van der Waals surface area contributed by atoms with Crippen molar-refractivity contribution in [3.63, 3.8) is 0 Å². The summed E-state index contributed by atoms with van der Waals surface area (Å²) in [7, 11) is 1.66. The second-order valence-electron chi connectivity index (χ2n) is 9.13. The lowest BCUT2D eigenvalue weighted by molar-refractivity contribution is -0.0818. The molecular formula is C26H37Cl3N2O3. The average Bonchev–Trinajstić information content (AvgIpc) is 2.83. The maximum Gasteiger partial charge on any atom is 0.138 e. The zero-order valence-corrected chi connectivity index (χ0v) is 22.4. The Balaban J connectivity index is 0.00000204. The van der Waals surface area contributed by atoms with Gasteiger partial charge in [0.05, 0.1) is 17.7 Å². The Hall–Kier alpha value is -1.21. The number of ether oxygens (including phenoxy) is 2. The van der Waals surface area contributed by atoms with Crippen LogP contribution in [-0.2, 0) is 6.61 Å². The number of nitrogens with zero attached hydrogens (tertiary/aromatic N) is 1.